The molecule has 0 amide bonds. The third-order valence-electron chi connectivity index (χ3n) is 3.41. The van der Waals surface area contributed by atoms with Crippen LogP contribution in [0.5, 0.6) is 0 Å². The Hall–Kier alpha value is -2.68. The molecule has 3 rings (SSSR count). The summed E-state index contributed by atoms with van der Waals surface area (Å²) in [5, 5.41) is 1.19. The van der Waals surface area contributed by atoms with Crippen molar-refractivity contribution in [1.29, 1.82) is 0 Å². The quantitative estimate of drug-likeness (QED) is 0.525. The lowest BCUT2D eigenvalue weighted by Gasteiger charge is -2.14. The maximum atomic E-state index is 4.68. The van der Waals surface area contributed by atoms with Crippen LogP contribution in [0.2, 0.25) is 0 Å². The molecule has 3 aromatic rings. The van der Waals surface area contributed by atoms with Gasteiger partial charge in [0, 0.05) is 12.4 Å². The number of anilines is 1. The van der Waals surface area contributed by atoms with Crippen LogP contribution in [0.1, 0.15) is 5.56 Å². The second-order valence-electron chi connectivity index (χ2n) is 5.01. The van der Waals surface area contributed by atoms with Gasteiger partial charge in [0.1, 0.15) is 5.82 Å². The lowest BCUT2D eigenvalue weighted by Crippen LogP contribution is -2.15. The molecule has 0 N–H and O–H groups in total. The van der Waals surface area contributed by atoms with Crippen LogP contribution < -0.4 is 4.90 Å². The molecule has 0 aliphatic carbocycles. The van der Waals surface area contributed by atoms with Crippen LogP contribution in [0.15, 0.2) is 65.7 Å². The number of hydrogen-bond donors (Lipinski definition) is 0. The zero-order valence-electron chi connectivity index (χ0n) is 12.2. The predicted molar refractivity (Wildman–Crippen MR) is 89.5 cm³/mol. The van der Waals surface area contributed by atoms with Gasteiger partial charge in [-0.1, -0.05) is 36.4 Å². The van der Waals surface area contributed by atoms with Gasteiger partial charge in [0.25, 0.3) is 0 Å². The van der Waals surface area contributed by atoms with Crippen LogP contribution >= 0.6 is 0 Å². The van der Waals surface area contributed by atoms with Gasteiger partial charge in [-0.3, -0.25) is 0 Å². The summed E-state index contributed by atoms with van der Waals surface area (Å²) in [5.41, 5.74) is 3.16. The van der Waals surface area contributed by atoms with Gasteiger partial charge >= 0.3 is 0 Å². The molecule has 0 bridgehead atoms. The molecule has 0 aliphatic heterocycles. The summed E-state index contributed by atoms with van der Waals surface area (Å²) in [6.45, 7) is 2.11. The highest BCUT2D eigenvalue weighted by Crippen LogP contribution is 2.21. The van der Waals surface area contributed by atoms with Crippen molar-refractivity contribution in [1.82, 2.24) is 4.98 Å². The molecule has 0 fully saturated rings. The van der Waals surface area contributed by atoms with Crippen LogP contribution in [0.3, 0.4) is 0 Å². The van der Waals surface area contributed by atoms with Gasteiger partial charge in [-0.15, -0.1) is 0 Å². The number of aryl methyl sites for hydroxylation is 1. The number of nitrogens with zero attached hydrogens (tertiary/aromatic N) is 3. The molecule has 0 aliphatic rings. The second kappa shape index (κ2) is 5.75. The van der Waals surface area contributed by atoms with E-state index >= 15 is 0 Å². The lowest BCUT2D eigenvalue weighted by molar-refractivity contribution is 1.20. The van der Waals surface area contributed by atoms with E-state index in [1.807, 2.05) is 60.5 Å². The molecule has 1 aromatic heterocycles. The van der Waals surface area contributed by atoms with Crippen molar-refractivity contribution >= 4 is 28.7 Å². The van der Waals surface area contributed by atoms with Crippen LogP contribution in [-0.4, -0.2) is 18.4 Å². The number of aliphatic imine (C=N–C) groups is 1. The fourth-order valence-corrected chi connectivity index (χ4v) is 2.24. The summed E-state index contributed by atoms with van der Waals surface area (Å²) in [7, 11) is 1.96. The maximum Gasteiger partial charge on any atom is 0.134 e. The van der Waals surface area contributed by atoms with E-state index in [-0.39, 0.29) is 0 Å². The molecule has 0 saturated heterocycles. The topological polar surface area (TPSA) is 28.5 Å². The average molecular weight is 275 g/mol. The SMILES string of the molecule is Cc1cc(N(C)C=Nc2ccccc2)nc2ccccc12. The van der Waals surface area contributed by atoms with E-state index in [9.17, 15) is 0 Å². The standard InChI is InChI=1S/C18H17N3/c1-14-12-18(20-17-11-7-6-10-16(14)17)21(2)13-19-15-8-4-3-5-9-15/h3-13H,1-2H3. The van der Waals surface area contributed by atoms with E-state index in [0.717, 1.165) is 17.0 Å². The molecule has 3 heteroatoms. The van der Waals surface area contributed by atoms with Gasteiger partial charge in [-0.05, 0) is 36.8 Å². The van der Waals surface area contributed by atoms with Crippen LogP contribution in [0.4, 0.5) is 11.5 Å². The number of hydrogen-bond acceptors (Lipinski definition) is 2. The number of para-hydroxylation sites is 2. The largest absolute Gasteiger partial charge is 0.320 e. The van der Waals surface area contributed by atoms with Gasteiger partial charge in [0.15, 0.2) is 0 Å². The first kappa shape index (κ1) is 13.3. The molecule has 1 heterocycles. The molecule has 0 saturated carbocycles. The Morgan fingerprint density at radius 3 is 2.52 bits per heavy atom. The Kier molecular flexibility index (Phi) is 3.65. The molecule has 0 atom stereocenters. The number of benzene rings is 2. The second-order valence-corrected chi connectivity index (χ2v) is 5.01. The third-order valence-corrected chi connectivity index (χ3v) is 3.41. The van der Waals surface area contributed by atoms with Crippen molar-refractivity contribution in [2.45, 2.75) is 6.92 Å². The zero-order valence-corrected chi connectivity index (χ0v) is 12.2. The van der Waals surface area contributed by atoms with Crippen LogP contribution in [0.25, 0.3) is 10.9 Å². The molecule has 2 aromatic carbocycles. The van der Waals surface area contributed by atoms with Crippen LogP contribution in [-0.2, 0) is 0 Å². The Balaban J connectivity index is 1.91. The lowest BCUT2D eigenvalue weighted by atomic mass is 10.1. The molecule has 0 unspecified atom stereocenters. The predicted octanol–water partition coefficient (Wildman–Crippen LogP) is 4.34. The first-order valence-electron chi connectivity index (χ1n) is 6.92. The minimum Gasteiger partial charge on any atom is -0.320 e. The monoisotopic (exact) mass is 275 g/mol. The summed E-state index contributed by atoms with van der Waals surface area (Å²) in [6, 6.07) is 20.2. The normalized spacial score (nSPS) is 11.1. The van der Waals surface area contributed by atoms with Crippen molar-refractivity contribution in [2.75, 3.05) is 11.9 Å². The van der Waals surface area contributed by atoms with Crippen molar-refractivity contribution in [3.05, 3.63) is 66.2 Å². The summed E-state index contributed by atoms with van der Waals surface area (Å²) < 4.78 is 0. The Bertz CT molecular complexity index is 779. The van der Waals surface area contributed by atoms with Gasteiger partial charge in [0.2, 0.25) is 0 Å². The summed E-state index contributed by atoms with van der Waals surface area (Å²) in [4.78, 5) is 11.1. The molecular formula is C18H17N3. The molecule has 0 spiro atoms. The van der Waals surface area contributed by atoms with Gasteiger partial charge in [-0.25, -0.2) is 9.98 Å². The van der Waals surface area contributed by atoms with Crippen molar-refractivity contribution < 1.29 is 0 Å². The highest BCUT2D eigenvalue weighted by atomic mass is 15.2. The smallest absolute Gasteiger partial charge is 0.134 e. The van der Waals surface area contributed by atoms with E-state index in [0.29, 0.717) is 0 Å². The fraction of sp³-hybridized carbons (Fsp3) is 0.111. The van der Waals surface area contributed by atoms with Gasteiger partial charge < -0.3 is 4.90 Å². The average Bonchev–Trinajstić information content (AvgIpc) is 2.53. The molecule has 21 heavy (non-hydrogen) atoms. The number of fused-ring (bicyclic) bond motifs is 1. The van der Waals surface area contributed by atoms with Crippen LogP contribution in [0, 0.1) is 6.92 Å². The number of rotatable bonds is 3. The van der Waals surface area contributed by atoms with Crippen molar-refractivity contribution in [3.8, 4) is 0 Å². The van der Waals surface area contributed by atoms with E-state index < -0.39 is 0 Å². The summed E-state index contributed by atoms with van der Waals surface area (Å²) in [6.07, 6.45) is 1.80. The Labute approximate surface area is 124 Å². The number of pyridine rings is 1. The Morgan fingerprint density at radius 1 is 1.00 bits per heavy atom. The van der Waals surface area contributed by atoms with E-state index in [2.05, 4.69) is 29.0 Å². The highest BCUT2D eigenvalue weighted by molar-refractivity contribution is 5.87. The number of aromatic nitrogens is 1. The fourth-order valence-electron chi connectivity index (χ4n) is 2.24. The molecule has 104 valence electrons. The highest BCUT2D eigenvalue weighted by Gasteiger charge is 2.04. The van der Waals surface area contributed by atoms with E-state index in [4.69, 9.17) is 0 Å². The molecule has 0 radical (unpaired) electrons. The van der Waals surface area contributed by atoms with Crippen molar-refractivity contribution in [3.63, 3.8) is 0 Å². The molecular weight excluding hydrogens is 258 g/mol. The first-order valence-corrected chi connectivity index (χ1v) is 6.92. The minimum atomic E-state index is 0.894. The van der Waals surface area contributed by atoms with Crippen molar-refractivity contribution in [2.24, 2.45) is 4.99 Å². The Morgan fingerprint density at radius 2 is 1.71 bits per heavy atom. The zero-order chi connectivity index (χ0) is 14.7. The first-order chi connectivity index (χ1) is 10.2. The molecule has 3 nitrogen and oxygen atoms in total. The summed E-state index contributed by atoms with van der Waals surface area (Å²) in [5.74, 6) is 0.894. The van der Waals surface area contributed by atoms with Gasteiger partial charge in [0.05, 0.1) is 17.5 Å². The van der Waals surface area contributed by atoms with E-state index in [1.165, 1.54) is 10.9 Å². The summed E-state index contributed by atoms with van der Waals surface area (Å²) >= 11 is 0. The van der Waals surface area contributed by atoms with Gasteiger partial charge in [-0.2, -0.15) is 0 Å². The maximum absolute atomic E-state index is 4.68. The third kappa shape index (κ3) is 2.92. The minimum absolute atomic E-state index is 0.894. The van der Waals surface area contributed by atoms with E-state index in [1.54, 1.807) is 6.34 Å².